The molecule has 3 atom stereocenters. The molecule has 0 amide bonds. The van der Waals surface area contributed by atoms with Gasteiger partial charge in [0.25, 0.3) is 10.2 Å². The van der Waals surface area contributed by atoms with Gasteiger partial charge < -0.3 is 5.32 Å². The van der Waals surface area contributed by atoms with Crippen molar-refractivity contribution < 1.29 is 8.42 Å². The van der Waals surface area contributed by atoms with Crippen LogP contribution in [-0.2, 0) is 10.2 Å². The summed E-state index contributed by atoms with van der Waals surface area (Å²) < 4.78 is 29.0. The van der Waals surface area contributed by atoms with Crippen molar-refractivity contribution in [1.82, 2.24) is 13.9 Å². The van der Waals surface area contributed by atoms with Crippen LogP contribution in [0.15, 0.2) is 0 Å². The number of hydrogen-bond donors (Lipinski definition) is 1. The van der Waals surface area contributed by atoms with Crippen LogP contribution in [0.4, 0.5) is 0 Å². The molecule has 2 rings (SSSR count). The second-order valence-corrected chi connectivity index (χ2v) is 9.14. The fourth-order valence-corrected chi connectivity index (χ4v) is 5.17. The highest BCUT2D eigenvalue weighted by Crippen LogP contribution is 2.28. The van der Waals surface area contributed by atoms with E-state index in [1.54, 1.807) is 8.61 Å². The third kappa shape index (κ3) is 4.18. The van der Waals surface area contributed by atoms with Crippen LogP contribution in [0.3, 0.4) is 0 Å². The summed E-state index contributed by atoms with van der Waals surface area (Å²) in [7, 11) is -3.26. The third-order valence-corrected chi connectivity index (χ3v) is 6.84. The molecular formula is C15H31N3O2S. The zero-order valence-corrected chi connectivity index (χ0v) is 14.7. The molecule has 0 radical (unpaired) electrons. The molecule has 21 heavy (non-hydrogen) atoms. The van der Waals surface area contributed by atoms with Gasteiger partial charge in [0.2, 0.25) is 0 Å². The van der Waals surface area contributed by atoms with Crippen molar-refractivity contribution in [2.75, 3.05) is 32.7 Å². The van der Waals surface area contributed by atoms with Gasteiger partial charge in [0, 0.05) is 32.2 Å². The summed E-state index contributed by atoms with van der Waals surface area (Å²) >= 11 is 0. The van der Waals surface area contributed by atoms with E-state index in [0.29, 0.717) is 50.0 Å². The van der Waals surface area contributed by atoms with E-state index in [2.05, 4.69) is 33.0 Å². The molecule has 0 aliphatic carbocycles. The Kier molecular flexibility index (Phi) is 5.68. The zero-order valence-electron chi connectivity index (χ0n) is 13.9. The van der Waals surface area contributed by atoms with E-state index < -0.39 is 10.2 Å². The highest BCUT2D eigenvalue weighted by Gasteiger charge is 2.39. The lowest BCUT2D eigenvalue weighted by Crippen LogP contribution is -2.49. The molecule has 0 aromatic carbocycles. The Balaban J connectivity index is 1.96. The SMILES string of the molecule is CC(C)NCC1CCCN(S(=O)(=O)N2CC(C)C(C)C2)C1. The summed E-state index contributed by atoms with van der Waals surface area (Å²) in [6, 6.07) is 0.456. The minimum Gasteiger partial charge on any atom is -0.314 e. The molecule has 0 bridgehead atoms. The van der Waals surface area contributed by atoms with Crippen molar-refractivity contribution >= 4 is 10.2 Å². The van der Waals surface area contributed by atoms with Gasteiger partial charge in [-0.05, 0) is 37.1 Å². The summed E-state index contributed by atoms with van der Waals surface area (Å²) in [6.07, 6.45) is 2.10. The Labute approximate surface area is 130 Å². The van der Waals surface area contributed by atoms with Gasteiger partial charge in [-0.3, -0.25) is 0 Å². The molecule has 2 saturated heterocycles. The van der Waals surface area contributed by atoms with Crippen molar-refractivity contribution in [1.29, 1.82) is 0 Å². The smallest absolute Gasteiger partial charge is 0.282 e. The first kappa shape index (κ1) is 17.2. The van der Waals surface area contributed by atoms with E-state index in [1.807, 2.05) is 0 Å². The Morgan fingerprint density at radius 2 is 1.71 bits per heavy atom. The maximum atomic E-state index is 12.8. The van der Waals surface area contributed by atoms with E-state index in [1.165, 1.54) is 0 Å². The average molecular weight is 317 g/mol. The Hall–Kier alpha value is -0.170. The molecule has 2 aliphatic heterocycles. The minimum atomic E-state index is -3.26. The van der Waals surface area contributed by atoms with Crippen molar-refractivity contribution in [3.63, 3.8) is 0 Å². The maximum Gasteiger partial charge on any atom is 0.282 e. The average Bonchev–Trinajstić information content (AvgIpc) is 2.77. The number of nitrogens with zero attached hydrogens (tertiary/aromatic N) is 2. The third-order valence-electron chi connectivity index (χ3n) is 4.90. The van der Waals surface area contributed by atoms with Crippen LogP contribution in [0, 0.1) is 17.8 Å². The normalized spacial score (nSPS) is 32.9. The molecule has 2 fully saturated rings. The summed E-state index contributed by atoms with van der Waals surface area (Å²) in [5.41, 5.74) is 0. The second kappa shape index (κ2) is 6.94. The van der Waals surface area contributed by atoms with Crippen molar-refractivity contribution in [2.45, 2.75) is 46.6 Å². The maximum absolute atomic E-state index is 12.8. The lowest BCUT2D eigenvalue weighted by molar-refractivity contribution is 0.242. The highest BCUT2D eigenvalue weighted by atomic mass is 32.2. The second-order valence-electron chi connectivity index (χ2n) is 7.21. The van der Waals surface area contributed by atoms with Crippen LogP contribution in [-0.4, -0.2) is 55.8 Å². The van der Waals surface area contributed by atoms with E-state index >= 15 is 0 Å². The highest BCUT2D eigenvalue weighted by molar-refractivity contribution is 7.86. The first-order valence-electron chi connectivity index (χ1n) is 8.29. The van der Waals surface area contributed by atoms with Crippen LogP contribution in [0.25, 0.3) is 0 Å². The van der Waals surface area contributed by atoms with E-state index in [-0.39, 0.29) is 0 Å². The lowest BCUT2D eigenvalue weighted by atomic mass is 9.99. The standard InChI is InChI=1S/C15H31N3O2S/c1-12(2)16-8-15-6-5-7-17(11-15)21(19,20)18-9-13(3)14(4)10-18/h12-16H,5-11H2,1-4H3. The predicted octanol–water partition coefficient (Wildman–Crippen LogP) is 1.53. The number of hydrogen-bond acceptors (Lipinski definition) is 3. The molecule has 0 aromatic rings. The van der Waals surface area contributed by atoms with Crippen LogP contribution >= 0.6 is 0 Å². The van der Waals surface area contributed by atoms with Crippen molar-refractivity contribution in [3.8, 4) is 0 Å². The zero-order chi connectivity index (χ0) is 15.6. The van der Waals surface area contributed by atoms with Crippen LogP contribution < -0.4 is 5.32 Å². The number of rotatable bonds is 5. The molecule has 3 unspecified atom stereocenters. The fraction of sp³-hybridized carbons (Fsp3) is 1.00. The first-order chi connectivity index (χ1) is 9.80. The van der Waals surface area contributed by atoms with E-state index in [0.717, 1.165) is 19.4 Å². The Morgan fingerprint density at radius 3 is 2.29 bits per heavy atom. The molecule has 124 valence electrons. The molecule has 2 heterocycles. The molecule has 0 saturated carbocycles. The fourth-order valence-electron chi connectivity index (χ4n) is 3.23. The molecule has 6 heteroatoms. The van der Waals surface area contributed by atoms with Gasteiger partial charge in [0.05, 0.1) is 0 Å². The van der Waals surface area contributed by atoms with Crippen LogP contribution in [0.5, 0.6) is 0 Å². The summed E-state index contributed by atoms with van der Waals surface area (Å²) in [5, 5.41) is 3.44. The quantitative estimate of drug-likeness (QED) is 0.836. The van der Waals surface area contributed by atoms with E-state index in [9.17, 15) is 8.42 Å². The number of nitrogens with one attached hydrogen (secondary N) is 1. The summed E-state index contributed by atoms with van der Waals surface area (Å²) in [6.45, 7) is 12.2. The molecular weight excluding hydrogens is 286 g/mol. The summed E-state index contributed by atoms with van der Waals surface area (Å²) in [5.74, 6) is 1.36. The topological polar surface area (TPSA) is 52.7 Å². The number of piperidine rings is 1. The molecule has 5 nitrogen and oxygen atoms in total. The molecule has 2 aliphatic rings. The molecule has 1 N–H and O–H groups in total. The van der Waals surface area contributed by atoms with Crippen LogP contribution in [0.2, 0.25) is 0 Å². The predicted molar refractivity (Wildman–Crippen MR) is 86.3 cm³/mol. The van der Waals surface area contributed by atoms with Crippen LogP contribution in [0.1, 0.15) is 40.5 Å². The van der Waals surface area contributed by atoms with Gasteiger partial charge >= 0.3 is 0 Å². The van der Waals surface area contributed by atoms with Gasteiger partial charge in [-0.25, -0.2) is 0 Å². The largest absolute Gasteiger partial charge is 0.314 e. The minimum absolute atomic E-state index is 0.438. The van der Waals surface area contributed by atoms with Gasteiger partial charge in [-0.15, -0.1) is 0 Å². The monoisotopic (exact) mass is 317 g/mol. The Morgan fingerprint density at radius 1 is 1.10 bits per heavy atom. The Bertz CT molecular complexity index is 428. The lowest BCUT2D eigenvalue weighted by Gasteiger charge is -2.34. The summed E-state index contributed by atoms with van der Waals surface area (Å²) in [4.78, 5) is 0. The van der Waals surface area contributed by atoms with Gasteiger partial charge in [-0.2, -0.15) is 17.0 Å². The van der Waals surface area contributed by atoms with Gasteiger partial charge in [0.15, 0.2) is 0 Å². The first-order valence-corrected chi connectivity index (χ1v) is 9.69. The van der Waals surface area contributed by atoms with Crippen molar-refractivity contribution in [2.24, 2.45) is 17.8 Å². The van der Waals surface area contributed by atoms with Crippen molar-refractivity contribution in [3.05, 3.63) is 0 Å². The van der Waals surface area contributed by atoms with E-state index in [4.69, 9.17) is 0 Å². The molecule has 0 spiro atoms. The van der Waals surface area contributed by atoms with Gasteiger partial charge in [-0.1, -0.05) is 27.7 Å². The molecule has 0 aromatic heterocycles. The van der Waals surface area contributed by atoms with Gasteiger partial charge in [0.1, 0.15) is 0 Å².